The van der Waals surface area contributed by atoms with Gasteiger partial charge in [0.1, 0.15) is 17.6 Å². The van der Waals surface area contributed by atoms with E-state index in [1.165, 1.54) is 11.0 Å². The quantitative estimate of drug-likeness (QED) is 0.343. The van der Waals surface area contributed by atoms with Crippen LogP contribution in [0.4, 0.5) is 4.39 Å². The molecule has 0 radical (unpaired) electrons. The summed E-state index contributed by atoms with van der Waals surface area (Å²) in [4.78, 5) is 28.7. The van der Waals surface area contributed by atoms with Crippen LogP contribution < -0.4 is 10.1 Å². The van der Waals surface area contributed by atoms with Crippen molar-refractivity contribution in [3.63, 3.8) is 0 Å². The number of benzene rings is 3. The van der Waals surface area contributed by atoms with E-state index in [4.69, 9.17) is 4.74 Å². The Labute approximate surface area is 226 Å². The average molecular weight is 519 g/mol. The lowest BCUT2D eigenvalue weighted by atomic mass is 9.86. The Morgan fingerprint density at radius 3 is 2.21 bits per heavy atom. The summed E-state index contributed by atoms with van der Waals surface area (Å²) < 4.78 is 20.8. The highest BCUT2D eigenvalue weighted by atomic mass is 19.1. The number of hydrogen-bond acceptors (Lipinski definition) is 3. The molecular weight excluding hydrogens is 479 g/mol. The molecule has 38 heavy (non-hydrogen) atoms. The number of hydrogen-bond donors (Lipinski definition) is 1. The van der Waals surface area contributed by atoms with Crippen LogP contribution in [0.5, 0.6) is 5.75 Å². The fraction of sp³-hybridized carbons (Fsp3) is 0.375. The van der Waals surface area contributed by atoms with Crippen molar-refractivity contribution in [1.82, 2.24) is 10.2 Å². The second-order valence-corrected chi connectivity index (χ2v) is 11.0. The van der Waals surface area contributed by atoms with E-state index in [2.05, 4.69) is 26.1 Å². The third-order valence-electron chi connectivity index (χ3n) is 6.30. The van der Waals surface area contributed by atoms with E-state index in [0.717, 1.165) is 11.1 Å². The summed E-state index contributed by atoms with van der Waals surface area (Å²) in [7, 11) is 0. The van der Waals surface area contributed by atoms with E-state index in [1.54, 1.807) is 18.2 Å². The Morgan fingerprint density at radius 2 is 1.55 bits per heavy atom. The maximum atomic E-state index is 14.7. The fourth-order valence-corrected chi connectivity index (χ4v) is 4.22. The van der Waals surface area contributed by atoms with Gasteiger partial charge in [0.2, 0.25) is 5.91 Å². The first kappa shape index (κ1) is 28.9. The lowest BCUT2D eigenvalue weighted by molar-refractivity contribution is -0.142. The zero-order valence-corrected chi connectivity index (χ0v) is 23.0. The molecule has 0 aliphatic heterocycles. The van der Waals surface area contributed by atoms with Crippen molar-refractivity contribution in [2.24, 2.45) is 5.92 Å². The Hall–Kier alpha value is -3.67. The summed E-state index contributed by atoms with van der Waals surface area (Å²) in [6.07, 6.45) is 0.295. The predicted molar refractivity (Wildman–Crippen MR) is 149 cm³/mol. The number of halogens is 1. The monoisotopic (exact) mass is 518 g/mol. The smallest absolute Gasteiger partial charge is 0.261 e. The highest BCUT2D eigenvalue weighted by Gasteiger charge is 2.31. The molecule has 0 saturated heterocycles. The van der Waals surface area contributed by atoms with Crippen molar-refractivity contribution in [2.75, 3.05) is 13.2 Å². The van der Waals surface area contributed by atoms with Gasteiger partial charge in [-0.3, -0.25) is 9.59 Å². The molecule has 3 rings (SSSR count). The summed E-state index contributed by atoms with van der Waals surface area (Å²) in [6.45, 7) is 10.4. The number of rotatable bonds is 11. The highest BCUT2D eigenvalue weighted by Crippen LogP contribution is 2.31. The molecule has 3 aromatic carbocycles. The topological polar surface area (TPSA) is 58.6 Å². The van der Waals surface area contributed by atoms with Gasteiger partial charge in [-0.2, -0.15) is 0 Å². The predicted octanol–water partition coefficient (Wildman–Crippen LogP) is 5.91. The number of carbonyl (C=O) groups excluding carboxylic acids is 2. The molecule has 0 aliphatic carbocycles. The first-order valence-corrected chi connectivity index (χ1v) is 13.1. The van der Waals surface area contributed by atoms with Crippen LogP contribution in [0.25, 0.3) is 0 Å². The maximum Gasteiger partial charge on any atom is 0.261 e. The van der Waals surface area contributed by atoms with E-state index in [-0.39, 0.29) is 30.4 Å². The van der Waals surface area contributed by atoms with Gasteiger partial charge in [-0.25, -0.2) is 4.39 Å². The molecule has 0 bridgehead atoms. The molecule has 0 aliphatic rings. The summed E-state index contributed by atoms with van der Waals surface area (Å²) in [6, 6.07) is 22.6. The highest BCUT2D eigenvalue weighted by molar-refractivity contribution is 5.88. The van der Waals surface area contributed by atoms with Crippen LogP contribution >= 0.6 is 0 Å². The summed E-state index contributed by atoms with van der Waals surface area (Å²) in [5.41, 5.74) is 2.04. The normalized spacial score (nSPS) is 12.2. The van der Waals surface area contributed by atoms with Crippen LogP contribution in [0.15, 0.2) is 78.9 Å². The molecule has 1 unspecified atom stereocenters. The molecule has 0 spiro atoms. The summed E-state index contributed by atoms with van der Waals surface area (Å²) in [5, 5.41) is 2.97. The minimum absolute atomic E-state index is 0.0532. The molecule has 3 aromatic rings. The molecule has 0 saturated carbocycles. The zero-order chi connectivity index (χ0) is 27.7. The lowest BCUT2D eigenvalue weighted by Crippen LogP contribution is -2.52. The SMILES string of the molecule is CC(C)CNC(=O)C(Cc1ccccc1)N(Cc1ccccc1F)C(=O)COc1ccccc1C(C)(C)C. The van der Waals surface area contributed by atoms with Gasteiger partial charge in [0.05, 0.1) is 0 Å². The molecule has 1 N–H and O–H groups in total. The summed E-state index contributed by atoms with van der Waals surface area (Å²) in [5.74, 6) is -0.238. The van der Waals surface area contributed by atoms with Crippen LogP contribution in [-0.2, 0) is 28.0 Å². The van der Waals surface area contributed by atoms with Crippen molar-refractivity contribution in [3.05, 3.63) is 101 Å². The van der Waals surface area contributed by atoms with Gasteiger partial charge in [-0.1, -0.05) is 101 Å². The number of para-hydroxylation sites is 1. The Kier molecular flexibility index (Phi) is 10.1. The van der Waals surface area contributed by atoms with Gasteiger partial charge in [0.15, 0.2) is 6.61 Å². The van der Waals surface area contributed by atoms with Crippen molar-refractivity contribution in [3.8, 4) is 5.75 Å². The van der Waals surface area contributed by atoms with E-state index < -0.39 is 17.8 Å². The Bertz CT molecular complexity index is 1200. The van der Waals surface area contributed by atoms with E-state index in [0.29, 0.717) is 24.3 Å². The fourth-order valence-electron chi connectivity index (χ4n) is 4.22. The number of nitrogens with one attached hydrogen (secondary N) is 1. The first-order valence-electron chi connectivity index (χ1n) is 13.1. The average Bonchev–Trinajstić information content (AvgIpc) is 2.89. The summed E-state index contributed by atoms with van der Waals surface area (Å²) >= 11 is 0. The van der Waals surface area contributed by atoms with Crippen molar-refractivity contribution < 1.29 is 18.7 Å². The van der Waals surface area contributed by atoms with Gasteiger partial charge < -0.3 is 15.0 Å². The molecule has 1 atom stereocenters. The Morgan fingerprint density at radius 1 is 0.921 bits per heavy atom. The maximum absolute atomic E-state index is 14.7. The van der Waals surface area contributed by atoms with Crippen LogP contribution in [0.3, 0.4) is 0 Å². The van der Waals surface area contributed by atoms with Crippen molar-refractivity contribution in [1.29, 1.82) is 0 Å². The molecule has 0 fully saturated rings. The van der Waals surface area contributed by atoms with Gasteiger partial charge in [0.25, 0.3) is 5.91 Å². The second-order valence-electron chi connectivity index (χ2n) is 11.0. The van der Waals surface area contributed by atoms with Crippen LogP contribution in [0, 0.1) is 11.7 Å². The van der Waals surface area contributed by atoms with Gasteiger partial charge in [-0.15, -0.1) is 0 Å². The zero-order valence-electron chi connectivity index (χ0n) is 23.0. The molecule has 0 heterocycles. The van der Waals surface area contributed by atoms with Crippen molar-refractivity contribution in [2.45, 2.75) is 59.0 Å². The number of ether oxygens (including phenoxy) is 1. The molecule has 5 nitrogen and oxygen atoms in total. The van der Waals surface area contributed by atoms with Gasteiger partial charge in [0, 0.05) is 25.1 Å². The molecule has 0 aromatic heterocycles. The van der Waals surface area contributed by atoms with E-state index in [9.17, 15) is 14.0 Å². The number of nitrogens with zero attached hydrogens (tertiary/aromatic N) is 1. The Balaban J connectivity index is 1.94. The van der Waals surface area contributed by atoms with E-state index in [1.807, 2.05) is 68.4 Å². The third-order valence-corrected chi connectivity index (χ3v) is 6.30. The molecule has 2 amide bonds. The molecular formula is C32H39FN2O3. The second kappa shape index (κ2) is 13.2. The lowest BCUT2D eigenvalue weighted by Gasteiger charge is -2.32. The van der Waals surface area contributed by atoms with Crippen LogP contribution in [-0.4, -0.2) is 35.9 Å². The molecule has 202 valence electrons. The van der Waals surface area contributed by atoms with E-state index >= 15 is 0 Å². The minimum atomic E-state index is -0.843. The van der Waals surface area contributed by atoms with Gasteiger partial charge in [-0.05, 0) is 34.6 Å². The van der Waals surface area contributed by atoms with Crippen LogP contribution in [0.1, 0.15) is 51.3 Å². The standard InChI is InChI=1S/C32H39FN2O3/c1-23(2)20-34-31(37)28(19-24-13-7-6-8-14-24)35(21-25-15-9-11-17-27(25)33)30(36)22-38-29-18-12-10-16-26(29)32(3,4)5/h6-18,23,28H,19-22H2,1-5H3,(H,34,37). The van der Waals surface area contributed by atoms with Crippen molar-refractivity contribution >= 4 is 11.8 Å². The number of carbonyl (C=O) groups is 2. The van der Waals surface area contributed by atoms with Gasteiger partial charge >= 0.3 is 0 Å². The largest absolute Gasteiger partial charge is 0.483 e. The molecule has 6 heteroatoms. The number of amides is 2. The van der Waals surface area contributed by atoms with Crippen LogP contribution in [0.2, 0.25) is 0 Å². The first-order chi connectivity index (χ1) is 18.1. The third kappa shape index (κ3) is 8.17. The minimum Gasteiger partial charge on any atom is -0.483 e.